The zero-order chi connectivity index (χ0) is 15.6. The highest BCUT2D eigenvalue weighted by Crippen LogP contribution is 2.39. The van der Waals surface area contributed by atoms with Crippen LogP contribution in [0.2, 0.25) is 18.1 Å². The molecule has 1 aromatic heterocycles. The van der Waals surface area contributed by atoms with Gasteiger partial charge in [0, 0.05) is 5.92 Å². The third-order valence-electron chi connectivity index (χ3n) is 4.30. The minimum atomic E-state index is -1.87. The summed E-state index contributed by atoms with van der Waals surface area (Å²) < 4.78 is 11.6. The predicted octanol–water partition coefficient (Wildman–Crippen LogP) is 4.53. The average molecular weight is 296 g/mol. The Balaban J connectivity index is 2.83. The van der Waals surface area contributed by atoms with Gasteiger partial charge in [0.05, 0.1) is 12.4 Å². The van der Waals surface area contributed by atoms with Crippen LogP contribution in [0.5, 0.6) is 0 Å². The first-order valence-corrected chi connectivity index (χ1v) is 10.0. The highest BCUT2D eigenvalue weighted by Gasteiger charge is 2.40. The summed E-state index contributed by atoms with van der Waals surface area (Å²) >= 11 is 0. The summed E-state index contributed by atoms with van der Waals surface area (Å²) in [7, 11) is -1.87. The molecule has 0 amide bonds. The maximum absolute atomic E-state index is 10.4. The predicted molar refractivity (Wildman–Crippen MR) is 85.1 cm³/mol. The zero-order valence-electron chi connectivity index (χ0n) is 13.5. The van der Waals surface area contributed by atoms with Gasteiger partial charge < -0.3 is 13.9 Å². The summed E-state index contributed by atoms with van der Waals surface area (Å²) in [6.45, 7) is 16.9. The van der Waals surface area contributed by atoms with Crippen molar-refractivity contribution in [1.82, 2.24) is 0 Å². The highest BCUT2D eigenvalue weighted by atomic mass is 28.4. The van der Waals surface area contributed by atoms with E-state index in [0.29, 0.717) is 5.76 Å². The van der Waals surface area contributed by atoms with E-state index in [1.54, 1.807) is 24.5 Å². The van der Waals surface area contributed by atoms with Crippen LogP contribution in [-0.2, 0) is 4.43 Å². The number of aliphatic hydroxyl groups is 1. The Bertz CT molecular complexity index is 417. The van der Waals surface area contributed by atoms with Crippen molar-refractivity contribution in [3.05, 3.63) is 36.8 Å². The smallest absolute Gasteiger partial charge is 0.192 e. The first-order chi connectivity index (χ1) is 9.10. The lowest BCUT2D eigenvalue weighted by Crippen LogP contribution is -2.45. The lowest BCUT2D eigenvalue weighted by molar-refractivity contribution is 0.0386. The molecule has 114 valence electrons. The van der Waals surface area contributed by atoms with Gasteiger partial charge >= 0.3 is 0 Å². The van der Waals surface area contributed by atoms with Gasteiger partial charge in [-0.2, -0.15) is 0 Å². The van der Waals surface area contributed by atoms with E-state index in [2.05, 4.69) is 40.4 Å². The van der Waals surface area contributed by atoms with E-state index in [1.165, 1.54) is 0 Å². The van der Waals surface area contributed by atoms with Crippen molar-refractivity contribution >= 4 is 8.32 Å². The number of aliphatic hydroxyl groups excluding tert-OH is 1. The Kier molecular flexibility index (Phi) is 5.41. The number of furan rings is 1. The molecule has 3 atom stereocenters. The summed E-state index contributed by atoms with van der Waals surface area (Å²) in [5.74, 6) is 0.371. The van der Waals surface area contributed by atoms with Gasteiger partial charge in [0.2, 0.25) is 0 Å². The maximum atomic E-state index is 10.4. The maximum Gasteiger partial charge on any atom is 0.192 e. The van der Waals surface area contributed by atoms with E-state index in [0.717, 1.165) is 0 Å². The first kappa shape index (κ1) is 17.2. The van der Waals surface area contributed by atoms with E-state index >= 15 is 0 Å². The highest BCUT2D eigenvalue weighted by molar-refractivity contribution is 6.74. The summed E-state index contributed by atoms with van der Waals surface area (Å²) in [5.41, 5.74) is 0. The molecule has 0 aromatic carbocycles. The van der Waals surface area contributed by atoms with Crippen molar-refractivity contribution in [3.8, 4) is 0 Å². The van der Waals surface area contributed by atoms with Gasteiger partial charge in [-0.1, -0.05) is 26.8 Å². The summed E-state index contributed by atoms with van der Waals surface area (Å²) in [5, 5.41) is 10.6. The minimum absolute atomic E-state index is 0.103. The SMILES string of the molecule is C=C[C@@H]([C@@H](C)O[Si](C)(C)C(C)(C)C)[C@@H](O)c1ccco1. The Morgan fingerprint density at radius 3 is 2.40 bits per heavy atom. The summed E-state index contributed by atoms with van der Waals surface area (Å²) in [4.78, 5) is 0. The second-order valence-corrected chi connectivity index (χ2v) is 11.6. The summed E-state index contributed by atoms with van der Waals surface area (Å²) in [6.07, 6.45) is 2.50. The normalized spacial score (nSPS) is 17.6. The van der Waals surface area contributed by atoms with Crippen LogP contribution in [0.4, 0.5) is 0 Å². The van der Waals surface area contributed by atoms with Crippen LogP contribution in [0.3, 0.4) is 0 Å². The molecule has 0 aliphatic rings. The standard InChI is InChI=1S/C16H28O3Si/c1-8-13(15(17)14-10-9-11-18-14)12(2)19-20(6,7)16(3,4)5/h8-13,15,17H,1H2,2-7H3/t12-,13+,15-/m1/s1. The molecule has 3 nitrogen and oxygen atoms in total. The van der Waals surface area contributed by atoms with Crippen LogP contribution < -0.4 is 0 Å². The van der Waals surface area contributed by atoms with Crippen molar-refractivity contribution in [1.29, 1.82) is 0 Å². The molecule has 4 heteroatoms. The monoisotopic (exact) mass is 296 g/mol. The topological polar surface area (TPSA) is 42.6 Å². The summed E-state index contributed by atoms with van der Waals surface area (Å²) in [6, 6.07) is 3.55. The largest absolute Gasteiger partial charge is 0.467 e. The molecule has 1 rings (SSSR count). The molecule has 20 heavy (non-hydrogen) atoms. The third kappa shape index (κ3) is 3.84. The first-order valence-electron chi connectivity index (χ1n) is 7.12. The molecule has 0 unspecified atom stereocenters. The lowest BCUT2D eigenvalue weighted by atomic mass is 9.95. The fourth-order valence-electron chi connectivity index (χ4n) is 1.95. The average Bonchev–Trinajstić information content (AvgIpc) is 2.80. The van der Waals surface area contributed by atoms with E-state index < -0.39 is 14.4 Å². The van der Waals surface area contributed by atoms with Gasteiger partial charge in [-0.05, 0) is 37.2 Å². The molecular weight excluding hydrogens is 268 g/mol. The van der Waals surface area contributed by atoms with Crippen molar-refractivity contribution < 1.29 is 13.9 Å². The molecule has 1 heterocycles. The van der Waals surface area contributed by atoms with Crippen molar-refractivity contribution in [2.75, 3.05) is 0 Å². The molecule has 0 saturated heterocycles. The Labute approximate surface area is 123 Å². The van der Waals surface area contributed by atoms with E-state index in [4.69, 9.17) is 8.84 Å². The minimum Gasteiger partial charge on any atom is -0.467 e. The second kappa shape index (κ2) is 6.29. The van der Waals surface area contributed by atoms with E-state index in [9.17, 15) is 5.11 Å². The Morgan fingerprint density at radius 2 is 2.00 bits per heavy atom. The van der Waals surface area contributed by atoms with Crippen LogP contribution in [0, 0.1) is 5.92 Å². The third-order valence-corrected chi connectivity index (χ3v) is 8.87. The second-order valence-electron chi connectivity index (χ2n) is 6.86. The molecular formula is C16H28O3Si. The van der Waals surface area contributed by atoms with Crippen LogP contribution in [0.25, 0.3) is 0 Å². The van der Waals surface area contributed by atoms with Crippen LogP contribution in [0.15, 0.2) is 35.5 Å². The van der Waals surface area contributed by atoms with Crippen LogP contribution >= 0.6 is 0 Å². The van der Waals surface area contributed by atoms with E-state index in [-0.39, 0.29) is 17.1 Å². The van der Waals surface area contributed by atoms with E-state index in [1.807, 2.05) is 6.92 Å². The molecule has 0 spiro atoms. The lowest BCUT2D eigenvalue weighted by Gasteiger charge is -2.40. The number of hydrogen-bond donors (Lipinski definition) is 1. The van der Waals surface area contributed by atoms with Gasteiger partial charge in [0.1, 0.15) is 11.9 Å². The van der Waals surface area contributed by atoms with Crippen molar-refractivity contribution in [3.63, 3.8) is 0 Å². The number of hydrogen-bond acceptors (Lipinski definition) is 3. The van der Waals surface area contributed by atoms with Crippen molar-refractivity contribution in [2.45, 2.75) is 58.0 Å². The van der Waals surface area contributed by atoms with Crippen LogP contribution in [0.1, 0.15) is 39.6 Å². The quantitative estimate of drug-likeness (QED) is 0.619. The molecule has 0 bridgehead atoms. The van der Waals surface area contributed by atoms with Gasteiger partial charge in [-0.3, -0.25) is 0 Å². The molecule has 0 aliphatic carbocycles. The fourth-order valence-corrected chi connectivity index (χ4v) is 3.39. The fraction of sp³-hybridized carbons (Fsp3) is 0.625. The van der Waals surface area contributed by atoms with Gasteiger partial charge in [0.15, 0.2) is 8.32 Å². The molecule has 0 fully saturated rings. The molecule has 0 saturated carbocycles. The Hall–Kier alpha value is -0.843. The Morgan fingerprint density at radius 1 is 1.40 bits per heavy atom. The van der Waals surface area contributed by atoms with Crippen LogP contribution in [-0.4, -0.2) is 19.5 Å². The van der Waals surface area contributed by atoms with Crippen molar-refractivity contribution in [2.24, 2.45) is 5.92 Å². The van der Waals surface area contributed by atoms with Gasteiger partial charge in [-0.15, -0.1) is 6.58 Å². The molecule has 0 aliphatic heterocycles. The van der Waals surface area contributed by atoms with Gasteiger partial charge in [0.25, 0.3) is 0 Å². The molecule has 1 N–H and O–H groups in total. The molecule has 0 radical (unpaired) electrons. The molecule has 1 aromatic rings. The zero-order valence-corrected chi connectivity index (χ0v) is 14.5. The number of rotatable bonds is 6. The van der Waals surface area contributed by atoms with Gasteiger partial charge in [-0.25, -0.2) is 0 Å².